The zero-order valence-corrected chi connectivity index (χ0v) is 14.1. The molecular formula is C13H22N4O5S. The van der Waals surface area contributed by atoms with E-state index in [0.717, 1.165) is 11.2 Å². The molecule has 4 amide bonds. The van der Waals surface area contributed by atoms with E-state index in [9.17, 15) is 22.8 Å². The zero-order valence-electron chi connectivity index (χ0n) is 13.3. The van der Waals surface area contributed by atoms with Gasteiger partial charge in [0.25, 0.3) is 0 Å². The fourth-order valence-electron chi connectivity index (χ4n) is 2.77. The number of nitrogens with zero attached hydrogens (tertiary/aromatic N) is 3. The average Bonchev–Trinajstić information content (AvgIpc) is 2.47. The predicted molar refractivity (Wildman–Crippen MR) is 81.9 cm³/mol. The maximum atomic E-state index is 12.1. The van der Waals surface area contributed by atoms with Gasteiger partial charge in [0.05, 0.1) is 6.26 Å². The molecule has 0 bridgehead atoms. The van der Waals surface area contributed by atoms with Crippen LogP contribution in [0.25, 0.3) is 0 Å². The number of piperidine rings is 1. The first-order valence-electron chi connectivity index (χ1n) is 7.48. The Morgan fingerprint density at radius 1 is 1.30 bits per heavy atom. The summed E-state index contributed by atoms with van der Waals surface area (Å²) in [5.41, 5.74) is 0. The molecule has 1 atom stereocenters. The first-order valence-corrected chi connectivity index (χ1v) is 9.33. The van der Waals surface area contributed by atoms with Crippen molar-refractivity contribution in [3.63, 3.8) is 0 Å². The first kappa shape index (κ1) is 17.7. The molecule has 0 aliphatic carbocycles. The second-order valence-electron chi connectivity index (χ2n) is 5.93. The Bertz CT molecular complexity index is 605. The van der Waals surface area contributed by atoms with E-state index >= 15 is 0 Å². The Morgan fingerprint density at radius 2 is 2.00 bits per heavy atom. The molecule has 0 radical (unpaired) electrons. The summed E-state index contributed by atoms with van der Waals surface area (Å²) < 4.78 is 24.5. The summed E-state index contributed by atoms with van der Waals surface area (Å²) in [5, 5.41) is 2.77. The lowest BCUT2D eigenvalue weighted by atomic mass is 10.1. The SMILES string of the molecule is CN1C(=O)CCN(CC(=O)NC2CCCN(S(C)(=O)=O)C2)C1=O. The van der Waals surface area contributed by atoms with Gasteiger partial charge in [-0.15, -0.1) is 0 Å². The van der Waals surface area contributed by atoms with Crippen molar-refractivity contribution >= 4 is 27.9 Å². The van der Waals surface area contributed by atoms with E-state index in [1.54, 1.807) is 0 Å². The van der Waals surface area contributed by atoms with Crippen LogP contribution in [-0.2, 0) is 19.6 Å². The Kier molecular flexibility index (Phi) is 5.25. The summed E-state index contributed by atoms with van der Waals surface area (Å²) in [6, 6.07) is -0.747. The molecule has 2 aliphatic heterocycles. The van der Waals surface area contributed by atoms with Gasteiger partial charge in [-0.3, -0.25) is 14.5 Å². The van der Waals surface area contributed by atoms with Crippen LogP contribution in [0.15, 0.2) is 0 Å². The standard InChI is InChI=1S/C13H22N4O5S/c1-15-12(19)5-7-16(13(15)20)9-11(18)14-10-4-3-6-17(8-10)23(2,21)22/h10H,3-9H2,1-2H3,(H,14,18). The molecule has 1 unspecified atom stereocenters. The van der Waals surface area contributed by atoms with Gasteiger partial charge < -0.3 is 10.2 Å². The third kappa shape index (κ3) is 4.41. The third-order valence-electron chi connectivity index (χ3n) is 4.08. The third-order valence-corrected chi connectivity index (χ3v) is 5.35. The molecule has 2 aliphatic rings. The highest BCUT2D eigenvalue weighted by atomic mass is 32.2. The van der Waals surface area contributed by atoms with E-state index in [-0.39, 0.29) is 43.9 Å². The van der Waals surface area contributed by atoms with Gasteiger partial charge in [0.15, 0.2) is 0 Å². The number of urea groups is 1. The minimum absolute atomic E-state index is 0.133. The number of carbonyl (C=O) groups excluding carboxylic acids is 3. The van der Waals surface area contributed by atoms with Crippen LogP contribution in [-0.4, -0.2) is 85.9 Å². The summed E-state index contributed by atoms with van der Waals surface area (Å²) in [5.74, 6) is -0.607. The fraction of sp³-hybridized carbons (Fsp3) is 0.769. The van der Waals surface area contributed by atoms with Gasteiger partial charge >= 0.3 is 6.03 Å². The number of sulfonamides is 1. The highest BCUT2D eigenvalue weighted by Crippen LogP contribution is 2.13. The van der Waals surface area contributed by atoms with Crippen LogP contribution in [0.4, 0.5) is 4.79 Å². The molecule has 2 saturated heterocycles. The lowest BCUT2D eigenvalue weighted by Gasteiger charge is -2.33. The van der Waals surface area contributed by atoms with Gasteiger partial charge in [-0.2, -0.15) is 0 Å². The van der Waals surface area contributed by atoms with Gasteiger partial charge in [0, 0.05) is 39.1 Å². The maximum absolute atomic E-state index is 12.1. The van der Waals surface area contributed by atoms with Crippen molar-refractivity contribution in [3.8, 4) is 0 Å². The molecule has 10 heteroatoms. The van der Waals surface area contributed by atoms with Gasteiger partial charge in [-0.25, -0.2) is 17.5 Å². The molecule has 2 fully saturated rings. The molecule has 0 aromatic carbocycles. The Balaban J connectivity index is 1.87. The quantitative estimate of drug-likeness (QED) is 0.689. The van der Waals surface area contributed by atoms with E-state index in [2.05, 4.69) is 5.32 Å². The largest absolute Gasteiger partial charge is 0.351 e. The molecule has 0 aromatic rings. The highest BCUT2D eigenvalue weighted by Gasteiger charge is 2.31. The Hall–Kier alpha value is -1.68. The predicted octanol–water partition coefficient (Wildman–Crippen LogP) is -1.19. The summed E-state index contributed by atoms with van der Waals surface area (Å²) in [6.07, 6.45) is 2.72. The van der Waals surface area contributed by atoms with Crippen molar-refractivity contribution in [2.45, 2.75) is 25.3 Å². The maximum Gasteiger partial charge on any atom is 0.326 e. The number of imide groups is 1. The molecule has 9 nitrogen and oxygen atoms in total. The number of hydrogen-bond donors (Lipinski definition) is 1. The first-order chi connectivity index (χ1) is 10.7. The molecule has 0 saturated carbocycles. The monoisotopic (exact) mass is 346 g/mol. The van der Waals surface area contributed by atoms with Crippen LogP contribution in [0.3, 0.4) is 0 Å². The van der Waals surface area contributed by atoms with E-state index in [0.29, 0.717) is 19.4 Å². The summed E-state index contributed by atoms with van der Waals surface area (Å²) in [4.78, 5) is 37.7. The lowest BCUT2D eigenvalue weighted by Crippen LogP contribution is -2.55. The van der Waals surface area contributed by atoms with Gasteiger partial charge in [0.1, 0.15) is 6.54 Å². The van der Waals surface area contributed by atoms with Crippen molar-refractivity contribution in [2.24, 2.45) is 0 Å². The van der Waals surface area contributed by atoms with Crippen LogP contribution < -0.4 is 5.32 Å². The molecular weight excluding hydrogens is 324 g/mol. The van der Waals surface area contributed by atoms with Crippen molar-refractivity contribution in [3.05, 3.63) is 0 Å². The van der Waals surface area contributed by atoms with Crippen molar-refractivity contribution in [1.82, 2.24) is 19.4 Å². The normalized spacial score (nSPS) is 24.0. The minimum Gasteiger partial charge on any atom is -0.351 e. The molecule has 0 aromatic heterocycles. The van der Waals surface area contributed by atoms with Gasteiger partial charge in [0.2, 0.25) is 21.8 Å². The number of rotatable bonds is 4. The second-order valence-corrected chi connectivity index (χ2v) is 7.92. The number of hydrogen-bond acceptors (Lipinski definition) is 5. The van der Waals surface area contributed by atoms with E-state index < -0.39 is 16.1 Å². The smallest absolute Gasteiger partial charge is 0.326 e. The zero-order chi connectivity index (χ0) is 17.2. The number of nitrogens with one attached hydrogen (secondary N) is 1. The lowest BCUT2D eigenvalue weighted by molar-refractivity contribution is -0.131. The van der Waals surface area contributed by atoms with Crippen LogP contribution in [0.5, 0.6) is 0 Å². The number of carbonyl (C=O) groups is 3. The van der Waals surface area contributed by atoms with Crippen molar-refractivity contribution in [2.75, 3.05) is 39.5 Å². The van der Waals surface area contributed by atoms with Crippen LogP contribution in [0, 0.1) is 0 Å². The van der Waals surface area contributed by atoms with E-state index in [4.69, 9.17) is 0 Å². The summed E-state index contributed by atoms with van der Waals surface area (Å²) in [6.45, 7) is 0.793. The summed E-state index contributed by atoms with van der Waals surface area (Å²) >= 11 is 0. The molecule has 2 heterocycles. The average molecular weight is 346 g/mol. The van der Waals surface area contributed by atoms with Crippen molar-refractivity contribution < 1.29 is 22.8 Å². The van der Waals surface area contributed by atoms with E-state index in [1.807, 2.05) is 0 Å². The molecule has 0 spiro atoms. The Morgan fingerprint density at radius 3 is 2.65 bits per heavy atom. The molecule has 1 N–H and O–H groups in total. The molecule has 130 valence electrons. The number of amides is 4. The van der Waals surface area contributed by atoms with E-state index in [1.165, 1.54) is 16.3 Å². The minimum atomic E-state index is -3.27. The molecule has 2 rings (SSSR count). The second kappa shape index (κ2) is 6.83. The summed E-state index contributed by atoms with van der Waals surface area (Å²) in [7, 11) is -1.88. The van der Waals surface area contributed by atoms with Crippen LogP contribution in [0.2, 0.25) is 0 Å². The Labute approximate surface area is 135 Å². The topological polar surface area (TPSA) is 107 Å². The van der Waals surface area contributed by atoms with Crippen LogP contribution in [0.1, 0.15) is 19.3 Å². The van der Waals surface area contributed by atoms with Crippen molar-refractivity contribution in [1.29, 1.82) is 0 Å². The van der Waals surface area contributed by atoms with Crippen LogP contribution >= 0.6 is 0 Å². The molecule has 23 heavy (non-hydrogen) atoms. The highest BCUT2D eigenvalue weighted by molar-refractivity contribution is 7.88. The van der Waals surface area contributed by atoms with Gasteiger partial charge in [-0.05, 0) is 12.8 Å². The van der Waals surface area contributed by atoms with Gasteiger partial charge in [-0.1, -0.05) is 0 Å². The fourth-order valence-corrected chi connectivity index (χ4v) is 3.68.